The second-order valence-corrected chi connectivity index (χ2v) is 8.96. The van der Waals surface area contributed by atoms with Crippen LogP contribution in [-0.2, 0) is 10.0 Å². The summed E-state index contributed by atoms with van der Waals surface area (Å²) in [6.45, 7) is 1.90. The molecule has 30 heavy (non-hydrogen) atoms. The molecule has 4 nitrogen and oxygen atoms in total. The summed E-state index contributed by atoms with van der Waals surface area (Å²) in [6.07, 6.45) is 0. The van der Waals surface area contributed by atoms with Crippen LogP contribution in [-0.4, -0.2) is 14.3 Å². The number of benzene rings is 4. The van der Waals surface area contributed by atoms with Crippen molar-refractivity contribution in [3.63, 3.8) is 0 Å². The Morgan fingerprint density at radius 1 is 0.833 bits per heavy atom. The molecule has 150 valence electrons. The molecule has 1 N–H and O–H groups in total. The first-order valence-electron chi connectivity index (χ1n) is 9.34. The highest BCUT2D eigenvalue weighted by molar-refractivity contribution is 7.90. The normalized spacial score (nSPS) is 12.1. The van der Waals surface area contributed by atoms with E-state index in [1.165, 1.54) is 0 Å². The number of sulfonamides is 1. The fourth-order valence-electron chi connectivity index (χ4n) is 3.04. The van der Waals surface area contributed by atoms with E-state index in [2.05, 4.69) is 9.71 Å². The van der Waals surface area contributed by atoms with Gasteiger partial charge < -0.3 is 5.32 Å². The zero-order valence-electron chi connectivity index (χ0n) is 16.2. The smallest absolute Gasteiger partial charge is 0.284 e. The maximum absolute atomic E-state index is 12.9. The van der Waals surface area contributed by atoms with Gasteiger partial charge in [0.25, 0.3) is 10.0 Å². The second kappa shape index (κ2) is 8.30. The van der Waals surface area contributed by atoms with Crippen LogP contribution in [0, 0.1) is 6.92 Å². The van der Waals surface area contributed by atoms with E-state index in [0.29, 0.717) is 10.6 Å². The topological polar surface area (TPSA) is 58.5 Å². The second-order valence-electron chi connectivity index (χ2n) is 6.92. The van der Waals surface area contributed by atoms with Gasteiger partial charge in [-0.05, 0) is 66.2 Å². The van der Waals surface area contributed by atoms with Crippen LogP contribution >= 0.6 is 11.6 Å². The van der Waals surface area contributed by atoms with Crippen molar-refractivity contribution in [2.24, 2.45) is 4.40 Å². The summed E-state index contributed by atoms with van der Waals surface area (Å²) < 4.78 is 30.0. The summed E-state index contributed by atoms with van der Waals surface area (Å²) in [5.41, 5.74) is 2.33. The average Bonchev–Trinajstić information content (AvgIpc) is 2.74. The summed E-state index contributed by atoms with van der Waals surface area (Å²) in [6, 6.07) is 27.3. The predicted octanol–water partition coefficient (Wildman–Crippen LogP) is 6.05. The summed E-state index contributed by atoms with van der Waals surface area (Å²) in [5, 5.41) is 5.87. The van der Waals surface area contributed by atoms with Crippen LogP contribution in [0.25, 0.3) is 10.8 Å². The van der Waals surface area contributed by atoms with Crippen molar-refractivity contribution in [1.29, 1.82) is 0 Å². The summed E-state index contributed by atoms with van der Waals surface area (Å²) in [4.78, 5) is 0.139. The van der Waals surface area contributed by atoms with Gasteiger partial charge in [0.15, 0.2) is 5.84 Å². The Morgan fingerprint density at radius 3 is 2.20 bits per heavy atom. The average molecular weight is 435 g/mol. The van der Waals surface area contributed by atoms with Crippen molar-refractivity contribution in [1.82, 2.24) is 0 Å². The largest absolute Gasteiger partial charge is 0.339 e. The molecule has 0 aliphatic heterocycles. The highest BCUT2D eigenvalue weighted by Gasteiger charge is 2.16. The predicted molar refractivity (Wildman–Crippen MR) is 124 cm³/mol. The van der Waals surface area contributed by atoms with Crippen LogP contribution < -0.4 is 5.32 Å². The molecule has 4 rings (SSSR count). The minimum atomic E-state index is -3.90. The minimum absolute atomic E-state index is 0.139. The van der Waals surface area contributed by atoms with Crippen molar-refractivity contribution in [2.45, 2.75) is 11.8 Å². The lowest BCUT2D eigenvalue weighted by molar-refractivity contribution is 0.598. The quantitative estimate of drug-likeness (QED) is 0.314. The summed E-state index contributed by atoms with van der Waals surface area (Å²) in [7, 11) is -3.90. The highest BCUT2D eigenvalue weighted by Crippen LogP contribution is 2.21. The zero-order chi connectivity index (χ0) is 21.1. The lowest BCUT2D eigenvalue weighted by Gasteiger charge is -2.12. The molecule has 6 heteroatoms. The Balaban J connectivity index is 1.78. The van der Waals surface area contributed by atoms with Gasteiger partial charge in [0.1, 0.15) is 0 Å². The Bertz CT molecular complexity index is 1330. The monoisotopic (exact) mass is 434 g/mol. The van der Waals surface area contributed by atoms with E-state index in [1.807, 2.05) is 49.4 Å². The van der Waals surface area contributed by atoms with Crippen LogP contribution in [0.15, 0.2) is 100 Å². The van der Waals surface area contributed by atoms with Gasteiger partial charge in [-0.25, -0.2) is 0 Å². The SMILES string of the molecule is Cc1ccc(S(=O)(=O)/N=C(\Nc2ccc3ccccc3c2)c2ccc(Cl)cc2)cc1. The van der Waals surface area contributed by atoms with E-state index in [1.54, 1.807) is 48.5 Å². The third kappa shape index (κ3) is 4.53. The fraction of sp³-hybridized carbons (Fsp3) is 0.0417. The summed E-state index contributed by atoms with van der Waals surface area (Å²) >= 11 is 6.01. The molecule has 4 aromatic rings. The number of halogens is 1. The molecule has 0 aliphatic rings. The molecule has 0 unspecified atom stereocenters. The molecule has 0 saturated heterocycles. The number of aryl methyl sites for hydroxylation is 1. The molecule has 0 saturated carbocycles. The van der Waals surface area contributed by atoms with Crippen LogP contribution in [0.5, 0.6) is 0 Å². The van der Waals surface area contributed by atoms with E-state index in [4.69, 9.17) is 11.6 Å². The summed E-state index contributed by atoms with van der Waals surface area (Å²) in [5.74, 6) is 0.225. The molecule has 0 radical (unpaired) electrons. The van der Waals surface area contributed by atoms with Crippen LogP contribution in [0.4, 0.5) is 5.69 Å². The van der Waals surface area contributed by atoms with E-state index >= 15 is 0 Å². The lowest BCUT2D eigenvalue weighted by atomic mass is 10.1. The lowest BCUT2D eigenvalue weighted by Crippen LogP contribution is -2.16. The molecule has 0 aliphatic carbocycles. The first-order valence-corrected chi connectivity index (χ1v) is 11.2. The first kappa shape index (κ1) is 20.1. The third-order valence-electron chi connectivity index (χ3n) is 4.66. The van der Waals surface area contributed by atoms with Gasteiger partial charge in [-0.1, -0.05) is 59.6 Å². The van der Waals surface area contributed by atoms with E-state index < -0.39 is 10.0 Å². The third-order valence-corrected chi connectivity index (χ3v) is 6.20. The van der Waals surface area contributed by atoms with Gasteiger partial charge in [-0.2, -0.15) is 8.42 Å². The van der Waals surface area contributed by atoms with Crippen LogP contribution in [0.1, 0.15) is 11.1 Å². The Kier molecular flexibility index (Phi) is 5.57. The number of hydrogen-bond donors (Lipinski definition) is 1. The maximum Gasteiger partial charge on any atom is 0.284 e. The van der Waals surface area contributed by atoms with Crippen molar-refractivity contribution in [2.75, 3.05) is 5.32 Å². The fourth-order valence-corrected chi connectivity index (χ4v) is 4.15. The van der Waals surface area contributed by atoms with E-state index in [9.17, 15) is 8.42 Å². The molecule has 0 spiro atoms. The van der Waals surface area contributed by atoms with Gasteiger partial charge in [0.05, 0.1) is 4.90 Å². The Hall–Kier alpha value is -3.15. The number of hydrogen-bond acceptors (Lipinski definition) is 2. The van der Waals surface area contributed by atoms with Crippen LogP contribution in [0.3, 0.4) is 0 Å². The molecule has 0 heterocycles. The first-order chi connectivity index (χ1) is 14.4. The molecule has 0 amide bonds. The maximum atomic E-state index is 12.9. The van der Waals surface area contributed by atoms with Gasteiger partial charge >= 0.3 is 0 Å². The zero-order valence-corrected chi connectivity index (χ0v) is 17.8. The standard InChI is InChI=1S/C24H19ClN2O2S/c1-17-6-14-23(15-7-17)30(28,29)27-24(19-8-11-21(25)12-9-19)26-22-13-10-18-4-2-3-5-20(18)16-22/h2-16H,1H3,(H,26,27). The molecular weight excluding hydrogens is 416 g/mol. The molecule has 0 atom stereocenters. The van der Waals surface area contributed by atoms with E-state index in [-0.39, 0.29) is 10.7 Å². The van der Waals surface area contributed by atoms with Crippen molar-refractivity contribution >= 4 is 43.9 Å². The molecule has 4 aromatic carbocycles. The number of anilines is 1. The van der Waals surface area contributed by atoms with Gasteiger partial charge in [-0.3, -0.25) is 0 Å². The van der Waals surface area contributed by atoms with Crippen molar-refractivity contribution in [3.8, 4) is 0 Å². The van der Waals surface area contributed by atoms with Crippen LogP contribution in [0.2, 0.25) is 5.02 Å². The van der Waals surface area contributed by atoms with Gasteiger partial charge in [0, 0.05) is 16.3 Å². The number of nitrogens with one attached hydrogen (secondary N) is 1. The molecule has 0 bridgehead atoms. The minimum Gasteiger partial charge on any atom is -0.339 e. The number of nitrogens with zero attached hydrogens (tertiary/aromatic N) is 1. The van der Waals surface area contributed by atoms with Gasteiger partial charge in [-0.15, -0.1) is 4.40 Å². The van der Waals surface area contributed by atoms with Crippen molar-refractivity contribution < 1.29 is 8.42 Å². The van der Waals surface area contributed by atoms with E-state index in [0.717, 1.165) is 22.0 Å². The Morgan fingerprint density at radius 2 is 1.50 bits per heavy atom. The number of rotatable bonds is 4. The number of fused-ring (bicyclic) bond motifs is 1. The van der Waals surface area contributed by atoms with Gasteiger partial charge in [0.2, 0.25) is 0 Å². The Labute approximate surface area is 180 Å². The van der Waals surface area contributed by atoms with Crippen molar-refractivity contribution in [3.05, 3.63) is 107 Å². The number of amidine groups is 1. The molecule has 0 aromatic heterocycles. The molecular formula is C24H19ClN2O2S. The highest BCUT2D eigenvalue weighted by atomic mass is 35.5. The molecule has 0 fully saturated rings.